The van der Waals surface area contributed by atoms with Crippen molar-refractivity contribution in [3.05, 3.63) is 54.5 Å². The van der Waals surface area contributed by atoms with Gasteiger partial charge in [-0.05, 0) is 42.7 Å². The first-order chi connectivity index (χ1) is 9.15. The Kier molecular flexibility index (Phi) is 4.22. The van der Waals surface area contributed by atoms with E-state index in [1.807, 2.05) is 18.4 Å². The molecule has 0 N–H and O–H groups in total. The van der Waals surface area contributed by atoms with Gasteiger partial charge in [0.2, 0.25) is 0 Å². The highest BCUT2D eigenvalue weighted by molar-refractivity contribution is 7.98. The normalized spacial score (nSPS) is 10.3. The number of benzene rings is 1. The molecule has 2 nitrogen and oxygen atoms in total. The van der Waals surface area contributed by atoms with Crippen LogP contribution in [0.4, 0.5) is 4.39 Å². The Balaban J connectivity index is 2.52. The van der Waals surface area contributed by atoms with Crippen LogP contribution in [0.2, 0.25) is 0 Å². The van der Waals surface area contributed by atoms with Gasteiger partial charge >= 0.3 is 0 Å². The maximum absolute atomic E-state index is 13.0. The van der Waals surface area contributed by atoms with Crippen molar-refractivity contribution < 1.29 is 9.13 Å². The van der Waals surface area contributed by atoms with Crippen LogP contribution in [0.15, 0.2) is 47.9 Å². The minimum atomic E-state index is -0.257. The van der Waals surface area contributed by atoms with E-state index in [9.17, 15) is 4.39 Å². The zero-order chi connectivity index (χ0) is 13.8. The third kappa shape index (κ3) is 2.96. The van der Waals surface area contributed by atoms with Crippen molar-refractivity contribution in [1.82, 2.24) is 4.98 Å². The molecule has 0 saturated heterocycles. The first-order valence-electron chi connectivity index (χ1n) is 5.70. The van der Waals surface area contributed by atoms with Crippen LogP contribution < -0.4 is 0 Å². The lowest BCUT2D eigenvalue weighted by Crippen LogP contribution is -1.95. The highest BCUT2D eigenvalue weighted by Gasteiger charge is 2.10. The standard InChI is InChI=1S/C15H14FNOS/c1-10(18-2)13-8-9-14(19-3)15(17-13)11-4-6-12(16)7-5-11/h4-9H,1H2,2-3H3. The molecule has 0 radical (unpaired) electrons. The van der Waals surface area contributed by atoms with Crippen LogP contribution in [0.3, 0.4) is 0 Å². The summed E-state index contributed by atoms with van der Waals surface area (Å²) in [7, 11) is 1.56. The van der Waals surface area contributed by atoms with E-state index >= 15 is 0 Å². The lowest BCUT2D eigenvalue weighted by atomic mass is 10.1. The molecule has 0 fully saturated rings. The molecule has 0 aliphatic carbocycles. The number of ether oxygens (including phenoxy) is 1. The van der Waals surface area contributed by atoms with Gasteiger partial charge in [0.1, 0.15) is 17.3 Å². The Labute approximate surface area is 116 Å². The van der Waals surface area contributed by atoms with Crippen molar-refractivity contribution in [2.24, 2.45) is 0 Å². The summed E-state index contributed by atoms with van der Waals surface area (Å²) in [4.78, 5) is 5.57. The maximum atomic E-state index is 13.0. The van der Waals surface area contributed by atoms with Crippen LogP contribution in [0.1, 0.15) is 5.69 Å². The molecule has 0 bridgehead atoms. The topological polar surface area (TPSA) is 22.1 Å². The van der Waals surface area contributed by atoms with Gasteiger partial charge in [-0.2, -0.15) is 0 Å². The second kappa shape index (κ2) is 5.89. The summed E-state index contributed by atoms with van der Waals surface area (Å²) in [5.41, 5.74) is 2.36. The van der Waals surface area contributed by atoms with Crippen molar-refractivity contribution in [2.75, 3.05) is 13.4 Å². The lowest BCUT2D eigenvalue weighted by molar-refractivity contribution is 0.369. The number of rotatable bonds is 4. The summed E-state index contributed by atoms with van der Waals surface area (Å²) in [5, 5.41) is 0. The number of methoxy groups -OCH3 is 1. The Morgan fingerprint density at radius 1 is 1.21 bits per heavy atom. The van der Waals surface area contributed by atoms with Crippen molar-refractivity contribution in [1.29, 1.82) is 0 Å². The van der Waals surface area contributed by atoms with Crippen molar-refractivity contribution in [2.45, 2.75) is 4.90 Å². The summed E-state index contributed by atoms with van der Waals surface area (Å²) >= 11 is 1.60. The van der Waals surface area contributed by atoms with Crippen LogP contribution in [0.25, 0.3) is 17.0 Å². The van der Waals surface area contributed by atoms with Crippen LogP contribution in [0.5, 0.6) is 0 Å². The van der Waals surface area contributed by atoms with Gasteiger partial charge in [0.05, 0.1) is 12.8 Å². The Bertz CT molecular complexity index is 596. The lowest BCUT2D eigenvalue weighted by Gasteiger charge is -2.10. The minimum Gasteiger partial charge on any atom is -0.495 e. The van der Waals surface area contributed by atoms with Crippen molar-refractivity contribution in [3.63, 3.8) is 0 Å². The summed E-state index contributed by atoms with van der Waals surface area (Å²) in [6.45, 7) is 3.80. The molecule has 0 amide bonds. The zero-order valence-electron chi connectivity index (χ0n) is 10.8. The van der Waals surface area contributed by atoms with Crippen LogP contribution >= 0.6 is 11.8 Å². The van der Waals surface area contributed by atoms with Gasteiger partial charge in [-0.25, -0.2) is 9.37 Å². The predicted molar refractivity (Wildman–Crippen MR) is 77.5 cm³/mol. The van der Waals surface area contributed by atoms with E-state index in [0.717, 1.165) is 16.2 Å². The molecule has 0 spiro atoms. The molecule has 0 aliphatic heterocycles. The van der Waals surface area contributed by atoms with Gasteiger partial charge in [0.15, 0.2) is 0 Å². The number of aromatic nitrogens is 1. The molecule has 1 aromatic carbocycles. The molecule has 2 aromatic rings. The molecule has 19 heavy (non-hydrogen) atoms. The molecule has 1 aromatic heterocycles. The molecule has 0 saturated carbocycles. The van der Waals surface area contributed by atoms with Crippen LogP contribution in [-0.2, 0) is 4.74 Å². The quantitative estimate of drug-likeness (QED) is 0.616. The molecule has 98 valence electrons. The number of pyridine rings is 1. The highest BCUT2D eigenvalue weighted by Crippen LogP contribution is 2.30. The van der Waals surface area contributed by atoms with Gasteiger partial charge in [-0.3, -0.25) is 0 Å². The summed E-state index contributed by atoms with van der Waals surface area (Å²) < 4.78 is 18.1. The van der Waals surface area contributed by atoms with E-state index in [2.05, 4.69) is 11.6 Å². The Morgan fingerprint density at radius 2 is 1.89 bits per heavy atom. The monoisotopic (exact) mass is 275 g/mol. The number of thioether (sulfide) groups is 1. The molecule has 1 heterocycles. The zero-order valence-corrected chi connectivity index (χ0v) is 11.6. The number of hydrogen-bond donors (Lipinski definition) is 0. The average Bonchev–Trinajstić information content (AvgIpc) is 2.46. The molecule has 0 unspecified atom stereocenters. The van der Waals surface area contributed by atoms with E-state index in [1.165, 1.54) is 12.1 Å². The van der Waals surface area contributed by atoms with Crippen molar-refractivity contribution >= 4 is 17.5 Å². The fourth-order valence-corrected chi connectivity index (χ4v) is 2.25. The smallest absolute Gasteiger partial charge is 0.137 e. The first kappa shape index (κ1) is 13.6. The SMILES string of the molecule is C=C(OC)c1ccc(SC)c(-c2ccc(F)cc2)n1. The third-order valence-corrected chi connectivity index (χ3v) is 3.50. The predicted octanol–water partition coefficient (Wildman–Crippen LogP) is 4.23. The Morgan fingerprint density at radius 3 is 2.47 bits per heavy atom. The number of nitrogens with zero attached hydrogens (tertiary/aromatic N) is 1. The fraction of sp³-hybridized carbons (Fsp3) is 0.133. The number of halogens is 1. The largest absolute Gasteiger partial charge is 0.495 e. The van der Waals surface area contributed by atoms with Crippen LogP contribution in [0, 0.1) is 5.82 Å². The van der Waals surface area contributed by atoms with E-state index in [1.54, 1.807) is 31.0 Å². The van der Waals surface area contributed by atoms with E-state index in [4.69, 9.17) is 4.74 Å². The molecule has 2 rings (SSSR count). The fourth-order valence-electron chi connectivity index (χ4n) is 1.69. The molecule has 0 aliphatic rings. The van der Waals surface area contributed by atoms with E-state index in [0.29, 0.717) is 11.5 Å². The second-order valence-electron chi connectivity index (χ2n) is 3.88. The summed E-state index contributed by atoms with van der Waals surface area (Å²) in [6.07, 6.45) is 1.98. The minimum absolute atomic E-state index is 0.257. The van der Waals surface area contributed by atoms with Gasteiger partial charge in [-0.15, -0.1) is 11.8 Å². The molecular weight excluding hydrogens is 261 g/mol. The van der Waals surface area contributed by atoms with Crippen molar-refractivity contribution in [3.8, 4) is 11.3 Å². The van der Waals surface area contributed by atoms with E-state index in [-0.39, 0.29) is 5.82 Å². The molecule has 0 atom stereocenters. The third-order valence-electron chi connectivity index (χ3n) is 2.73. The summed E-state index contributed by atoms with van der Waals surface area (Å²) in [6, 6.07) is 10.1. The van der Waals surface area contributed by atoms with Gasteiger partial charge in [0, 0.05) is 10.5 Å². The average molecular weight is 275 g/mol. The molecular formula is C15H14FNOS. The molecule has 4 heteroatoms. The van der Waals surface area contributed by atoms with Crippen LogP contribution in [-0.4, -0.2) is 18.3 Å². The van der Waals surface area contributed by atoms with E-state index < -0.39 is 0 Å². The van der Waals surface area contributed by atoms with Gasteiger partial charge in [-0.1, -0.05) is 6.58 Å². The second-order valence-corrected chi connectivity index (χ2v) is 4.73. The summed E-state index contributed by atoms with van der Waals surface area (Å²) in [5.74, 6) is 0.253. The first-order valence-corrected chi connectivity index (χ1v) is 6.92. The maximum Gasteiger partial charge on any atom is 0.137 e. The number of hydrogen-bond acceptors (Lipinski definition) is 3. The van der Waals surface area contributed by atoms with Gasteiger partial charge in [0.25, 0.3) is 0 Å². The van der Waals surface area contributed by atoms with Gasteiger partial charge < -0.3 is 4.74 Å². The Hall–Kier alpha value is -1.81. The highest BCUT2D eigenvalue weighted by atomic mass is 32.2.